The molecule has 1 rings (SSSR count). The van der Waals surface area contributed by atoms with Crippen LogP contribution in [0.4, 0.5) is 0 Å². The molecule has 0 amide bonds. The Hall–Kier alpha value is -1.37. The predicted molar refractivity (Wildman–Crippen MR) is 138 cm³/mol. The van der Waals surface area contributed by atoms with E-state index in [1.165, 1.54) is 54.4 Å². The van der Waals surface area contributed by atoms with Crippen LogP contribution in [0.5, 0.6) is 0 Å². The molecule has 1 heteroatoms. The third-order valence-corrected chi connectivity index (χ3v) is 7.70. The highest BCUT2D eigenvalue weighted by Crippen LogP contribution is 2.53. The van der Waals surface area contributed by atoms with Crippen molar-refractivity contribution in [2.45, 2.75) is 120 Å². The van der Waals surface area contributed by atoms with Crippen LogP contribution in [-0.2, 0) is 4.79 Å². The molecule has 0 aromatic heterocycles. The lowest BCUT2D eigenvalue weighted by Gasteiger charge is -2.49. The number of rotatable bonds is 12. The molecule has 1 nitrogen and oxygen atoms in total. The zero-order valence-electron chi connectivity index (χ0n) is 21.9. The minimum atomic E-state index is 0.298. The Kier molecular flexibility index (Phi) is 12.4. The summed E-state index contributed by atoms with van der Waals surface area (Å²) in [6, 6.07) is 0. The predicted octanol–water partition coefficient (Wildman–Crippen LogP) is 9.55. The molecule has 0 aliphatic heterocycles. The average Bonchev–Trinajstić information content (AvgIpc) is 2.68. The number of hydrogen-bond donors (Lipinski definition) is 0. The lowest BCUT2D eigenvalue weighted by atomic mass is 9.56. The molecule has 0 saturated heterocycles. The van der Waals surface area contributed by atoms with Crippen molar-refractivity contribution in [3.8, 4) is 0 Å². The number of aldehydes is 1. The van der Waals surface area contributed by atoms with Gasteiger partial charge in [0.05, 0.1) is 0 Å². The first-order valence-electron chi connectivity index (χ1n) is 12.7. The fourth-order valence-electron chi connectivity index (χ4n) is 5.34. The van der Waals surface area contributed by atoms with Gasteiger partial charge in [-0.15, -0.1) is 0 Å². The van der Waals surface area contributed by atoms with Crippen LogP contribution >= 0.6 is 0 Å². The van der Waals surface area contributed by atoms with Crippen LogP contribution in [0.15, 0.2) is 46.1 Å². The maximum Gasteiger partial charge on any atom is 0.120 e. The fourth-order valence-corrected chi connectivity index (χ4v) is 5.34. The molecular weight excluding hydrogens is 376 g/mol. The minimum Gasteiger partial charge on any atom is -0.303 e. The van der Waals surface area contributed by atoms with Crippen LogP contribution < -0.4 is 0 Å². The lowest BCUT2D eigenvalue weighted by molar-refractivity contribution is -0.108. The molecule has 31 heavy (non-hydrogen) atoms. The second-order valence-electron chi connectivity index (χ2n) is 10.8. The van der Waals surface area contributed by atoms with Crippen LogP contribution in [0.1, 0.15) is 120 Å². The van der Waals surface area contributed by atoms with Crippen molar-refractivity contribution in [2.24, 2.45) is 17.3 Å². The summed E-state index contributed by atoms with van der Waals surface area (Å²) >= 11 is 0. The highest BCUT2D eigenvalue weighted by Gasteiger charge is 2.43. The molecule has 0 N–H and O–H groups in total. The second kappa shape index (κ2) is 13.9. The Labute approximate surface area is 194 Å². The monoisotopic (exact) mass is 426 g/mol. The van der Waals surface area contributed by atoms with Gasteiger partial charge in [-0.05, 0) is 117 Å². The van der Waals surface area contributed by atoms with E-state index in [2.05, 4.69) is 73.6 Å². The summed E-state index contributed by atoms with van der Waals surface area (Å²) in [5.41, 5.74) is 7.86. The van der Waals surface area contributed by atoms with Crippen molar-refractivity contribution in [2.75, 3.05) is 0 Å². The van der Waals surface area contributed by atoms with Crippen LogP contribution in [0, 0.1) is 17.3 Å². The van der Waals surface area contributed by atoms with Crippen LogP contribution in [0.2, 0.25) is 0 Å². The summed E-state index contributed by atoms with van der Waals surface area (Å²) in [4.78, 5) is 11.1. The van der Waals surface area contributed by atoms with E-state index < -0.39 is 0 Å². The summed E-state index contributed by atoms with van der Waals surface area (Å²) in [6.07, 6.45) is 19.6. The quantitative estimate of drug-likeness (QED) is 0.224. The molecule has 3 atom stereocenters. The van der Waals surface area contributed by atoms with Gasteiger partial charge in [-0.25, -0.2) is 0 Å². The Bertz CT molecular complexity index is 679. The van der Waals surface area contributed by atoms with E-state index in [0.717, 1.165) is 32.0 Å². The third-order valence-electron chi connectivity index (χ3n) is 7.70. The topological polar surface area (TPSA) is 17.1 Å². The standard InChI is InChI=1S/C30H50O/c1-23(2)13-9-14-25(5)15-10-16-26(6)17-11-21-30(8)27(7)19-20-28(24(3)4)29(30)18-12-22-31/h13,15,17,22,27,29H,9-12,14,16,18-21H2,1-8H3/b25-15+,26-17+/t27-,29-,30-/m1/s1. The number of allylic oxidation sites excluding steroid dienone is 8. The van der Waals surface area contributed by atoms with Gasteiger partial charge in [-0.2, -0.15) is 0 Å². The van der Waals surface area contributed by atoms with Gasteiger partial charge in [0.15, 0.2) is 0 Å². The summed E-state index contributed by atoms with van der Waals surface area (Å²) in [5, 5.41) is 0. The van der Waals surface area contributed by atoms with Crippen LogP contribution in [0.3, 0.4) is 0 Å². The van der Waals surface area contributed by atoms with Crippen molar-refractivity contribution < 1.29 is 4.79 Å². The minimum absolute atomic E-state index is 0.298. The summed E-state index contributed by atoms with van der Waals surface area (Å²) in [5.74, 6) is 1.28. The van der Waals surface area contributed by atoms with Gasteiger partial charge in [0.1, 0.15) is 6.29 Å². The molecule has 0 bridgehead atoms. The Morgan fingerprint density at radius 3 is 2.03 bits per heavy atom. The zero-order valence-corrected chi connectivity index (χ0v) is 21.9. The first-order chi connectivity index (χ1) is 14.6. The molecule has 0 radical (unpaired) electrons. The molecule has 0 unspecified atom stereocenters. The maximum absolute atomic E-state index is 11.1. The average molecular weight is 427 g/mol. The highest BCUT2D eigenvalue weighted by molar-refractivity contribution is 5.49. The van der Waals surface area contributed by atoms with Gasteiger partial charge < -0.3 is 4.79 Å². The molecule has 0 aromatic carbocycles. The van der Waals surface area contributed by atoms with E-state index in [-0.39, 0.29) is 0 Å². The SMILES string of the molecule is CC(C)=CCC/C(C)=C/CC/C(C)=C/CC[C@]1(C)[C@H](C)CCC(=C(C)C)[C@H]1CCC=O. The molecule has 1 aliphatic carbocycles. The van der Waals surface area contributed by atoms with Crippen molar-refractivity contribution in [1.29, 1.82) is 0 Å². The van der Waals surface area contributed by atoms with Crippen molar-refractivity contribution in [3.05, 3.63) is 46.1 Å². The van der Waals surface area contributed by atoms with E-state index in [0.29, 0.717) is 23.7 Å². The van der Waals surface area contributed by atoms with Gasteiger partial charge in [0.25, 0.3) is 0 Å². The molecule has 1 aliphatic rings. The van der Waals surface area contributed by atoms with Crippen LogP contribution in [-0.4, -0.2) is 6.29 Å². The highest BCUT2D eigenvalue weighted by atomic mass is 16.1. The van der Waals surface area contributed by atoms with E-state index >= 15 is 0 Å². The van der Waals surface area contributed by atoms with Gasteiger partial charge in [-0.1, -0.05) is 59.9 Å². The van der Waals surface area contributed by atoms with Crippen molar-refractivity contribution in [3.63, 3.8) is 0 Å². The molecule has 0 spiro atoms. The van der Waals surface area contributed by atoms with Gasteiger partial charge in [-0.3, -0.25) is 0 Å². The normalized spacial score (nSPS) is 24.8. The van der Waals surface area contributed by atoms with Gasteiger partial charge in [0, 0.05) is 6.42 Å². The van der Waals surface area contributed by atoms with Gasteiger partial charge in [0.2, 0.25) is 0 Å². The Morgan fingerprint density at radius 1 is 0.903 bits per heavy atom. The number of carbonyl (C=O) groups is 1. The lowest BCUT2D eigenvalue weighted by Crippen LogP contribution is -2.39. The summed E-state index contributed by atoms with van der Waals surface area (Å²) < 4.78 is 0. The molecule has 1 saturated carbocycles. The van der Waals surface area contributed by atoms with E-state index in [1.54, 1.807) is 5.57 Å². The van der Waals surface area contributed by atoms with Crippen molar-refractivity contribution >= 4 is 6.29 Å². The molecule has 0 aromatic rings. The van der Waals surface area contributed by atoms with Crippen LogP contribution in [0.25, 0.3) is 0 Å². The second-order valence-corrected chi connectivity index (χ2v) is 10.8. The van der Waals surface area contributed by atoms with E-state index in [1.807, 2.05) is 0 Å². The van der Waals surface area contributed by atoms with E-state index in [9.17, 15) is 4.79 Å². The number of hydrogen-bond acceptors (Lipinski definition) is 1. The Morgan fingerprint density at radius 2 is 1.48 bits per heavy atom. The Balaban J connectivity index is 2.68. The molecule has 0 heterocycles. The molecule has 1 fully saturated rings. The molecular formula is C30H50O. The van der Waals surface area contributed by atoms with Gasteiger partial charge >= 0.3 is 0 Å². The molecule has 176 valence electrons. The largest absolute Gasteiger partial charge is 0.303 e. The van der Waals surface area contributed by atoms with E-state index in [4.69, 9.17) is 0 Å². The first kappa shape index (κ1) is 27.7. The first-order valence-corrected chi connectivity index (χ1v) is 12.7. The summed E-state index contributed by atoms with van der Waals surface area (Å²) in [7, 11) is 0. The van der Waals surface area contributed by atoms with Crippen molar-refractivity contribution in [1.82, 2.24) is 0 Å². The number of carbonyl (C=O) groups excluding carboxylic acids is 1. The summed E-state index contributed by atoms with van der Waals surface area (Å²) in [6.45, 7) is 18.4. The third kappa shape index (κ3) is 9.34. The zero-order chi connectivity index (χ0) is 23.4. The fraction of sp³-hybridized carbons (Fsp3) is 0.700. The maximum atomic E-state index is 11.1. The smallest absolute Gasteiger partial charge is 0.120 e.